The first kappa shape index (κ1) is 13.2. The second kappa shape index (κ2) is 6.13. The molecular weight excluding hydrogens is 274 g/mol. The van der Waals surface area contributed by atoms with Crippen LogP contribution in [0.3, 0.4) is 0 Å². The highest BCUT2D eigenvalue weighted by Gasteiger charge is 2.26. The van der Waals surface area contributed by atoms with Gasteiger partial charge < -0.3 is 5.73 Å². The number of hydrogen-bond acceptors (Lipinski definition) is 5. The minimum Gasteiger partial charge on any atom is -0.325 e. The van der Waals surface area contributed by atoms with Crippen LogP contribution >= 0.6 is 22.7 Å². The SMILES string of the molecule is NCc1csc(C(c2ccsc2)N2CCCCC2)n1. The van der Waals surface area contributed by atoms with Crippen LogP contribution in [0.5, 0.6) is 0 Å². The highest BCUT2D eigenvalue weighted by molar-refractivity contribution is 7.10. The predicted octanol–water partition coefficient (Wildman–Crippen LogP) is 3.24. The lowest BCUT2D eigenvalue weighted by Crippen LogP contribution is -2.34. The van der Waals surface area contributed by atoms with Crippen molar-refractivity contribution in [2.24, 2.45) is 5.73 Å². The van der Waals surface area contributed by atoms with Crippen molar-refractivity contribution < 1.29 is 0 Å². The number of nitrogens with two attached hydrogens (primary N) is 1. The third-order valence-electron chi connectivity index (χ3n) is 3.63. The van der Waals surface area contributed by atoms with E-state index in [1.165, 1.54) is 42.9 Å². The number of rotatable bonds is 4. The molecular formula is C14H19N3S2. The first-order valence-corrected chi connectivity index (χ1v) is 8.61. The third-order valence-corrected chi connectivity index (χ3v) is 5.27. The molecule has 19 heavy (non-hydrogen) atoms. The van der Waals surface area contributed by atoms with Crippen molar-refractivity contribution in [3.05, 3.63) is 38.5 Å². The molecule has 0 saturated carbocycles. The predicted molar refractivity (Wildman–Crippen MR) is 81.6 cm³/mol. The molecule has 1 atom stereocenters. The van der Waals surface area contributed by atoms with Gasteiger partial charge in [0.1, 0.15) is 5.01 Å². The van der Waals surface area contributed by atoms with Gasteiger partial charge in [-0.2, -0.15) is 11.3 Å². The van der Waals surface area contributed by atoms with Crippen LogP contribution in [0.2, 0.25) is 0 Å². The second-order valence-electron chi connectivity index (χ2n) is 4.94. The van der Waals surface area contributed by atoms with Gasteiger partial charge in [-0.1, -0.05) is 6.42 Å². The number of piperidine rings is 1. The van der Waals surface area contributed by atoms with Gasteiger partial charge in [-0.05, 0) is 48.3 Å². The van der Waals surface area contributed by atoms with Gasteiger partial charge in [0, 0.05) is 11.9 Å². The number of nitrogens with zero attached hydrogens (tertiary/aromatic N) is 2. The van der Waals surface area contributed by atoms with Gasteiger partial charge in [-0.25, -0.2) is 4.98 Å². The minimum atomic E-state index is 0.330. The van der Waals surface area contributed by atoms with Gasteiger partial charge in [0.15, 0.2) is 0 Å². The molecule has 1 fully saturated rings. The highest BCUT2D eigenvalue weighted by atomic mass is 32.1. The van der Waals surface area contributed by atoms with Gasteiger partial charge >= 0.3 is 0 Å². The molecule has 1 aliphatic rings. The molecule has 0 aromatic carbocycles. The van der Waals surface area contributed by atoms with Crippen LogP contribution in [0.15, 0.2) is 22.2 Å². The lowest BCUT2D eigenvalue weighted by atomic mass is 10.0. The Morgan fingerprint density at radius 3 is 2.74 bits per heavy atom. The standard InChI is InChI=1S/C14H19N3S2/c15-8-12-10-19-14(16-12)13(11-4-7-18-9-11)17-5-2-1-3-6-17/h4,7,9-10,13H,1-3,5-6,8,15H2. The van der Waals surface area contributed by atoms with E-state index in [4.69, 9.17) is 10.7 Å². The molecule has 0 bridgehead atoms. The summed E-state index contributed by atoms with van der Waals surface area (Å²) in [5, 5.41) is 7.70. The highest BCUT2D eigenvalue weighted by Crippen LogP contribution is 2.33. The molecule has 1 saturated heterocycles. The number of hydrogen-bond donors (Lipinski definition) is 1. The molecule has 102 valence electrons. The van der Waals surface area contributed by atoms with E-state index in [0.29, 0.717) is 12.6 Å². The Bertz CT molecular complexity index is 501. The summed E-state index contributed by atoms with van der Waals surface area (Å²) >= 11 is 3.51. The average molecular weight is 293 g/mol. The fourth-order valence-electron chi connectivity index (χ4n) is 2.66. The van der Waals surface area contributed by atoms with E-state index in [9.17, 15) is 0 Å². The molecule has 1 aliphatic heterocycles. The van der Waals surface area contributed by atoms with E-state index in [2.05, 4.69) is 27.1 Å². The maximum absolute atomic E-state index is 5.69. The number of thiazole rings is 1. The molecule has 2 aromatic heterocycles. The Kier molecular flexibility index (Phi) is 4.28. The molecule has 0 spiro atoms. The summed E-state index contributed by atoms with van der Waals surface area (Å²) in [7, 11) is 0. The zero-order valence-corrected chi connectivity index (χ0v) is 12.6. The summed E-state index contributed by atoms with van der Waals surface area (Å²) in [6, 6.07) is 2.56. The molecule has 3 rings (SSSR count). The molecule has 5 heteroatoms. The average Bonchev–Trinajstić information content (AvgIpc) is 3.12. The van der Waals surface area contributed by atoms with Crippen LogP contribution in [0.1, 0.15) is 41.6 Å². The Hall–Kier alpha value is -0.750. The van der Waals surface area contributed by atoms with E-state index < -0.39 is 0 Å². The van der Waals surface area contributed by atoms with Crippen molar-refractivity contribution in [1.82, 2.24) is 9.88 Å². The Balaban J connectivity index is 1.91. The largest absolute Gasteiger partial charge is 0.325 e. The monoisotopic (exact) mass is 293 g/mol. The molecule has 3 heterocycles. The minimum absolute atomic E-state index is 0.330. The zero-order chi connectivity index (χ0) is 13.1. The lowest BCUT2D eigenvalue weighted by molar-refractivity contribution is 0.187. The molecule has 0 radical (unpaired) electrons. The van der Waals surface area contributed by atoms with E-state index in [-0.39, 0.29) is 0 Å². The summed E-state index contributed by atoms with van der Waals surface area (Å²) in [6.07, 6.45) is 3.96. The Labute approximate surface area is 122 Å². The van der Waals surface area contributed by atoms with Crippen LogP contribution in [-0.4, -0.2) is 23.0 Å². The van der Waals surface area contributed by atoms with E-state index >= 15 is 0 Å². The van der Waals surface area contributed by atoms with Crippen molar-refractivity contribution in [3.8, 4) is 0 Å². The van der Waals surface area contributed by atoms with E-state index in [1.807, 2.05) is 0 Å². The summed E-state index contributed by atoms with van der Waals surface area (Å²) in [5.74, 6) is 0. The van der Waals surface area contributed by atoms with E-state index in [0.717, 1.165) is 5.69 Å². The molecule has 2 N–H and O–H groups in total. The zero-order valence-electron chi connectivity index (χ0n) is 10.9. The molecule has 0 aliphatic carbocycles. The van der Waals surface area contributed by atoms with Crippen molar-refractivity contribution in [3.63, 3.8) is 0 Å². The van der Waals surface area contributed by atoms with Gasteiger partial charge in [-0.3, -0.25) is 4.90 Å². The van der Waals surface area contributed by atoms with Crippen molar-refractivity contribution in [1.29, 1.82) is 0 Å². The Morgan fingerprint density at radius 2 is 2.11 bits per heavy atom. The molecule has 3 nitrogen and oxygen atoms in total. The third kappa shape index (κ3) is 2.89. The van der Waals surface area contributed by atoms with Gasteiger partial charge in [0.2, 0.25) is 0 Å². The topological polar surface area (TPSA) is 42.1 Å². The van der Waals surface area contributed by atoms with E-state index in [1.54, 1.807) is 22.7 Å². The van der Waals surface area contributed by atoms with Crippen LogP contribution < -0.4 is 5.73 Å². The van der Waals surface area contributed by atoms with Crippen LogP contribution in [0.4, 0.5) is 0 Å². The quantitative estimate of drug-likeness (QED) is 0.941. The lowest BCUT2D eigenvalue weighted by Gasteiger charge is -2.33. The van der Waals surface area contributed by atoms with Crippen molar-refractivity contribution in [2.45, 2.75) is 31.8 Å². The maximum atomic E-state index is 5.69. The van der Waals surface area contributed by atoms with Gasteiger partial charge in [-0.15, -0.1) is 11.3 Å². The number of aromatic nitrogens is 1. The fraction of sp³-hybridized carbons (Fsp3) is 0.500. The maximum Gasteiger partial charge on any atom is 0.115 e. The number of thiophene rings is 1. The van der Waals surface area contributed by atoms with Gasteiger partial charge in [0.05, 0.1) is 11.7 Å². The summed E-state index contributed by atoms with van der Waals surface area (Å²) in [6.45, 7) is 2.89. The van der Waals surface area contributed by atoms with Crippen molar-refractivity contribution >= 4 is 22.7 Å². The smallest absolute Gasteiger partial charge is 0.115 e. The van der Waals surface area contributed by atoms with Crippen molar-refractivity contribution in [2.75, 3.05) is 13.1 Å². The normalized spacial score (nSPS) is 18.6. The van der Waals surface area contributed by atoms with Crippen LogP contribution in [0.25, 0.3) is 0 Å². The fourth-order valence-corrected chi connectivity index (χ4v) is 4.33. The molecule has 2 aromatic rings. The number of likely N-dealkylation sites (tertiary alicyclic amines) is 1. The molecule has 1 unspecified atom stereocenters. The first-order valence-electron chi connectivity index (χ1n) is 6.79. The second-order valence-corrected chi connectivity index (χ2v) is 6.61. The summed E-state index contributed by atoms with van der Waals surface area (Å²) in [5.41, 5.74) is 8.08. The van der Waals surface area contributed by atoms with Crippen LogP contribution in [0, 0.1) is 0 Å². The molecule has 0 amide bonds. The Morgan fingerprint density at radius 1 is 1.26 bits per heavy atom. The summed E-state index contributed by atoms with van der Waals surface area (Å²) in [4.78, 5) is 7.29. The first-order chi connectivity index (χ1) is 9.38. The van der Waals surface area contributed by atoms with Gasteiger partial charge in [0.25, 0.3) is 0 Å². The summed E-state index contributed by atoms with van der Waals surface area (Å²) < 4.78 is 0. The van der Waals surface area contributed by atoms with Crippen LogP contribution in [-0.2, 0) is 6.54 Å².